The molecule has 0 aromatic heterocycles. The molecule has 1 aromatic rings. The van der Waals surface area contributed by atoms with Crippen molar-refractivity contribution < 1.29 is 20.0 Å². The number of nitrogens with zero attached hydrogens (tertiary/aromatic N) is 1. The van der Waals surface area contributed by atoms with Crippen LogP contribution in [-0.2, 0) is 6.42 Å². The molecule has 0 atom stereocenters. The van der Waals surface area contributed by atoms with E-state index in [1.807, 2.05) is 67.8 Å². The van der Waals surface area contributed by atoms with E-state index >= 15 is 0 Å². The van der Waals surface area contributed by atoms with Crippen molar-refractivity contribution >= 4 is 85.3 Å². The molecule has 7 nitrogen and oxygen atoms in total. The molecule has 0 bridgehead atoms. The fraction of sp³-hybridized carbons (Fsp3) is 0.0909. The summed E-state index contributed by atoms with van der Waals surface area (Å²) in [7, 11) is 0. The number of carbonyl (C=O) groups excluding carboxylic acids is 2. The molecule has 21 heavy (non-hydrogen) atoms. The third kappa shape index (κ3) is 3.96. The molecule has 0 saturated heterocycles. The number of anilines is 1. The number of amides is 2. The van der Waals surface area contributed by atoms with Gasteiger partial charge in [0, 0.05) is 6.42 Å². The maximum atomic E-state index is 12.0. The molecular formula is C11H10I3N3O4. The van der Waals surface area contributed by atoms with Crippen molar-refractivity contribution in [1.82, 2.24) is 5.23 Å². The van der Waals surface area contributed by atoms with Gasteiger partial charge in [-0.1, -0.05) is 11.8 Å². The Morgan fingerprint density at radius 1 is 1.19 bits per heavy atom. The van der Waals surface area contributed by atoms with E-state index in [9.17, 15) is 9.59 Å². The first kappa shape index (κ1) is 18.9. The Balaban J connectivity index is 3.86. The lowest BCUT2D eigenvalue weighted by Crippen LogP contribution is -2.28. The largest absolute Gasteiger partial charge is 0.397 e. The summed E-state index contributed by atoms with van der Waals surface area (Å²) in [6.45, 7) is 3.73. The highest BCUT2D eigenvalue weighted by Crippen LogP contribution is 2.35. The number of nitrogen functional groups attached to an aromatic ring is 1. The predicted octanol–water partition coefficient (Wildman–Crippen LogP) is 2.29. The molecule has 0 saturated carbocycles. The van der Waals surface area contributed by atoms with Crippen molar-refractivity contribution in [2.24, 2.45) is 5.73 Å². The first-order valence-electron chi connectivity index (χ1n) is 5.24. The van der Waals surface area contributed by atoms with E-state index in [0.717, 1.165) is 0 Å². The number of primary amides is 1. The van der Waals surface area contributed by atoms with Gasteiger partial charge < -0.3 is 11.5 Å². The molecule has 6 N–H and O–H groups in total. The summed E-state index contributed by atoms with van der Waals surface area (Å²) in [6, 6.07) is 0. The van der Waals surface area contributed by atoms with Gasteiger partial charge in [0.1, 0.15) is 0 Å². The first-order valence-corrected chi connectivity index (χ1v) is 8.47. The van der Waals surface area contributed by atoms with Crippen molar-refractivity contribution in [1.29, 1.82) is 0 Å². The van der Waals surface area contributed by atoms with Gasteiger partial charge in [-0.3, -0.25) is 20.0 Å². The summed E-state index contributed by atoms with van der Waals surface area (Å²) >= 11 is 5.61. The summed E-state index contributed by atoms with van der Waals surface area (Å²) in [5, 5.41) is 17.5. The van der Waals surface area contributed by atoms with Gasteiger partial charge in [-0.25, -0.2) is 0 Å². The van der Waals surface area contributed by atoms with Crippen LogP contribution in [0.1, 0.15) is 26.3 Å². The number of hydrogen-bond acceptors (Lipinski definition) is 5. The van der Waals surface area contributed by atoms with E-state index in [2.05, 4.69) is 6.58 Å². The fourth-order valence-corrected chi connectivity index (χ4v) is 4.29. The number of hydroxylamine groups is 2. The lowest BCUT2D eigenvalue weighted by atomic mass is 9.96. The van der Waals surface area contributed by atoms with Crippen molar-refractivity contribution in [3.63, 3.8) is 0 Å². The number of carbonyl (C=O) groups is 2. The van der Waals surface area contributed by atoms with Gasteiger partial charge in [0.15, 0.2) is 0 Å². The summed E-state index contributed by atoms with van der Waals surface area (Å²) < 4.78 is 1.37. The van der Waals surface area contributed by atoms with Crippen molar-refractivity contribution in [3.05, 3.63) is 34.0 Å². The van der Waals surface area contributed by atoms with E-state index < -0.39 is 17.0 Å². The lowest BCUT2D eigenvalue weighted by Gasteiger charge is -2.19. The number of allylic oxidation sites excluding steroid dienone is 1. The Kier molecular flexibility index (Phi) is 6.63. The molecule has 0 aliphatic rings. The molecule has 2 amide bonds. The topological polar surface area (TPSA) is 130 Å². The second-order valence-electron chi connectivity index (χ2n) is 3.92. The van der Waals surface area contributed by atoms with Crippen LogP contribution in [-0.4, -0.2) is 27.5 Å². The third-order valence-electron chi connectivity index (χ3n) is 2.53. The van der Waals surface area contributed by atoms with Gasteiger partial charge in [-0.05, 0) is 76.9 Å². The molecule has 0 spiro atoms. The zero-order chi connectivity index (χ0) is 16.5. The number of halogens is 3. The highest BCUT2D eigenvalue weighted by Gasteiger charge is 2.29. The lowest BCUT2D eigenvalue weighted by molar-refractivity contribution is -0.260. The monoisotopic (exact) mass is 629 g/mol. The van der Waals surface area contributed by atoms with Gasteiger partial charge in [-0.15, -0.1) is 0 Å². The summed E-state index contributed by atoms with van der Waals surface area (Å²) in [5.41, 5.74) is 11.7. The van der Waals surface area contributed by atoms with Crippen LogP contribution >= 0.6 is 67.8 Å². The third-order valence-corrected chi connectivity index (χ3v) is 5.15. The van der Waals surface area contributed by atoms with Crippen molar-refractivity contribution in [2.75, 3.05) is 5.73 Å². The van der Waals surface area contributed by atoms with Crippen LogP contribution in [0.2, 0.25) is 0 Å². The summed E-state index contributed by atoms with van der Waals surface area (Å²) in [6.07, 6.45) is 0.167. The van der Waals surface area contributed by atoms with Crippen LogP contribution in [0.3, 0.4) is 0 Å². The van der Waals surface area contributed by atoms with Crippen molar-refractivity contribution in [3.8, 4) is 0 Å². The van der Waals surface area contributed by atoms with Crippen LogP contribution in [0.4, 0.5) is 5.69 Å². The number of rotatable bonds is 4. The van der Waals surface area contributed by atoms with E-state index in [1.165, 1.54) is 0 Å². The van der Waals surface area contributed by atoms with Crippen LogP contribution in [0.5, 0.6) is 0 Å². The molecule has 0 aliphatic carbocycles. The molecule has 0 unspecified atom stereocenters. The maximum absolute atomic E-state index is 12.0. The molecule has 0 fully saturated rings. The maximum Gasteiger partial charge on any atom is 0.304 e. The average molecular weight is 629 g/mol. The second-order valence-corrected chi connectivity index (χ2v) is 7.61. The zero-order valence-electron chi connectivity index (χ0n) is 10.4. The Labute approximate surface area is 161 Å². The standard InChI is InChI=1S/C11H10I3N3O4/c1-3(12)2-4-5(10(16)18)7(13)9(15)8(14)6(4)11(19)17(20)21/h20-21H,1-2,15H2,(H2,16,18). The summed E-state index contributed by atoms with van der Waals surface area (Å²) in [4.78, 5) is 23.7. The van der Waals surface area contributed by atoms with Gasteiger partial charge in [0.25, 0.3) is 0 Å². The van der Waals surface area contributed by atoms with Crippen LogP contribution < -0.4 is 11.5 Å². The van der Waals surface area contributed by atoms with Gasteiger partial charge >= 0.3 is 5.91 Å². The van der Waals surface area contributed by atoms with E-state index in [1.54, 1.807) is 0 Å². The molecule has 10 heteroatoms. The molecular weight excluding hydrogens is 619 g/mol. The molecule has 0 heterocycles. The minimum absolute atomic E-state index is 0.0786. The highest BCUT2D eigenvalue weighted by molar-refractivity contribution is 14.1. The molecule has 1 rings (SSSR count). The SMILES string of the molecule is C=C(I)Cc1c(C(N)=O)c(I)c(N)c(I)c1C(=O)N(O)O. The molecule has 1 aromatic carbocycles. The van der Waals surface area contributed by atoms with E-state index in [4.69, 9.17) is 21.9 Å². The molecule has 0 aliphatic heterocycles. The van der Waals surface area contributed by atoms with E-state index in [0.29, 0.717) is 10.7 Å². The van der Waals surface area contributed by atoms with Crippen LogP contribution in [0.15, 0.2) is 10.2 Å². The minimum Gasteiger partial charge on any atom is -0.397 e. The Morgan fingerprint density at radius 3 is 2.05 bits per heavy atom. The minimum atomic E-state index is -1.10. The number of nitrogens with two attached hydrogens (primary N) is 2. The quantitative estimate of drug-likeness (QED) is 0.176. The van der Waals surface area contributed by atoms with Gasteiger partial charge in [0.05, 0.1) is 24.0 Å². The zero-order valence-corrected chi connectivity index (χ0v) is 16.8. The fourth-order valence-electron chi connectivity index (χ4n) is 1.70. The van der Waals surface area contributed by atoms with Crippen molar-refractivity contribution in [2.45, 2.75) is 6.42 Å². The van der Waals surface area contributed by atoms with Gasteiger partial charge in [-0.2, -0.15) is 0 Å². The molecule has 0 radical (unpaired) electrons. The summed E-state index contributed by atoms with van der Waals surface area (Å²) in [5.74, 6) is -1.86. The molecule has 114 valence electrons. The smallest absolute Gasteiger partial charge is 0.304 e. The van der Waals surface area contributed by atoms with Gasteiger partial charge in [0.2, 0.25) is 5.91 Å². The predicted molar refractivity (Wildman–Crippen MR) is 101 cm³/mol. The first-order chi connectivity index (χ1) is 9.59. The van der Waals surface area contributed by atoms with Crippen LogP contribution in [0, 0.1) is 7.14 Å². The number of benzene rings is 1. The van der Waals surface area contributed by atoms with E-state index in [-0.39, 0.29) is 28.8 Å². The highest BCUT2D eigenvalue weighted by atomic mass is 127. The average Bonchev–Trinajstić information content (AvgIpc) is 2.34. The van der Waals surface area contributed by atoms with Crippen LogP contribution in [0.25, 0.3) is 0 Å². The normalized spacial score (nSPS) is 10.3. The Hall–Kier alpha value is -0.190. The Bertz CT molecular complexity index is 646. The second kappa shape index (κ2) is 7.38. The number of hydrogen-bond donors (Lipinski definition) is 4. The Morgan fingerprint density at radius 2 is 1.67 bits per heavy atom.